The number of carbonyl (C=O) groups is 3. The van der Waals surface area contributed by atoms with Crippen molar-refractivity contribution in [3.63, 3.8) is 0 Å². The Morgan fingerprint density at radius 1 is 0.788 bits per heavy atom. The molecule has 7 nitrogen and oxygen atoms in total. The van der Waals surface area contributed by atoms with E-state index in [4.69, 9.17) is 9.47 Å². The summed E-state index contributed by atoms with van der Waals surface area (Å²) >= 11 is 0. The number of hydrogen-bond acceptors (Lipinski definition) is 5. The van der Waals surface area contributed by atoms with Crippen LogP contribution in [0.1, 0.15) is 15.9 Å². The number of carbonyl (C=O) groups excluding carboxylic acids is 3. The molecule has 0 bridgehead atoms. The molecule has 0 spiro atoms. The van der Waals surface area contributed by atoms with Gasteiger partial charge in [0.2, 0.25) is 0 Å². The van der Waals surface area contributed by atoms with E-state index in [9.17, 15) is 14.4 Å². The zero-order valence-corrected chi connectivity index (χ0v) is 18.4. The van der Waals surface area contributed by atoms with E-state index in [-0.39, 0.29) is 6.54 Å². The monoisotopic (exact) mass is 446 g/mol. The lowest BCUT2D eigenvalue weighted by atomic mass is 10.0. The molecule has 3 aromatic rings. The van der Waals surface area contributed by atoms with Gasteiger partial charge in [-0.2, -0.15) is 0 Å². The van der Waals surface area contributed by atoms with Gasteiger partial charge in [0.25, 0.3) is 11.8 Å². The topological polar surface area (TPSA) is 93.7 Å². The Kier molecular flexibility index (Phi) is 8.59. The summed E-state index contributed by atoms with van der Waals surface area (Å²) in [6, 6.07) is 24.4. The maximum Gasteiger partial charge on any atom is 0.325 e. The molecular weight excluding hydrogens is 420 g/mol. The fraction of sp³-hybridized carbons (Fsp3) is 0.192. The molecule has 0 saturated heterocycles. The molecule has 0 atom stereocenters. The Morgan fingerprint density at radius 2 is 1.45 bits per heavy atom. The average molecular weight is 447 g/mol. The largest absolute Gasteiger partial charge is 0.497 e. The van der Waals surface area contributed by atoms with Crippen LogP contribution in [0, 0.1) is 0 Å². The number of benzene rings is 3. The summed E-state index contributed by atoms with van der Waals surface area (Å²) in [6.45, 7) is -0.306. The molecule has 3 aromatic carbocycles. The summed E-state index contributed by atoms with van der Waals surface area (Å²) < 4.78 is 10.0. The van der Waals surface area contributed by atoms with E-state index >= 15 is 0 Å². The van der Waals surface area contributed by atoms with E-state index in [1.54, 1.807) is 19.2 Å². The molecule has 7 heteroatoms. The van der Waals surface area contributed by atoms with Crippen LogP contribution >= 0.6 is 0 Å². The maximum atomic E-state index is 12.2. The van der Waals surface area contributed by atoms with E-state index < -0.39 is 24.4 Å². The molecule has 0 heterocycles. The Balaban J connectivity index is 1.33. The standard InChI is InChI=1S/C26H26N2O5/c1-32-23-13-7-19(8-14-23)15-16-27-24(29)18-33-25(30)17-28-26(31)22-11-9-21(10-12-22)20-5-3-2-4-6-20/h2-14H,15-18H2,1H3,(H,27,29)(H,28,31). The van der Waals surface area contributed by atoms with Gasteiger partial charge in [-0.05, 0) is 47.4 Å². The molecule has 0 radical (unpaired) electrons. The predicted octanol–water partition coefficient (Wildman–Crippen LogP) is 2.99. The first-order valence-electron chi connectivity index (χ1n) is 10.5. The highest BCUT2D eigenvalue weighted by molar-refractivity contribution is 5.96. The van der Waals surface area contributed by atoms with Crippen molar-refractivity contribution in [3.05, 3.63) is 90.0 Å². The molecular formula is C26H26N2O5. The lowest BCUT2D eigenvalue weighted by Gasteiger charge is -2.08. The van der Waals surface area contributed by atoms with Gasteiger partial charge >= 0.3 is 5.97 Å². The molecule has 0 fully saturated rings. The van der Waals surface area contributed by atoms with Crippen molar-refractivity contribution in [2.24, 2.45) is 0 Å². The molecule has 0 aliphatic rings. The molecule has 2 N–H and O–H groups in total. The summed E-state index contributed by atoms with van der Waals surface area (Å²) in [5.41, 5.74) is 3.52. The molecule has 3 rings (SSSR count). The van der Waals surface area contributed by atoms with E-state index in [2.05, 4.69) is 10.6 Å². The fourth-order valence-corrected chi connectivity index (χ4v) is 3.09. The Labute approximate surface area is 192 Å². The fourth-order valence-electron chi connectivity index (χ4n) is 3.09. The van der Waals surface area contributed by atoms with Gasteiger partial charge in [-0.3, -0.25) is 14.4 Å². The van der Waals surface area contributed by atoms with Crippen LogP contribution in [0.2, 0.25) is 0 Å². The Hall–Kier alpha value is -4.13. The van der Waals surface area contributed by atoms with Crippen molar-refractivity contribution in [2.45, 2.75) is 6.42 Å². The van der Waals surface area contributed by atoms with Gasteiger partial charge in [0, 0.05) is 12.1 Å². The third-order valence-corrected chi connectivity index (χ3v) is 4.91. The van der Waals surface area contributed by atoms with Gasteiger partial charge in [-0.1, -0.05) is 54.6 Å². The lowest BCUT2D eigenvalue weighted by molar-refractivity contribution is -0.147. The molecule has 0 aromatic heterocycles. The van der Waals surface area contributed by atoms with Crippen LogP contribution in [0.4, 0.5) is 0 Å². The van der Waals surface area contributed by atoms with Crippen molar-refractivity contribution < 1.29 is 23.9 Å². The first-order valence-corrected chi connectivity index (χ1v) is 10.5. The molecule has 33 heavy (non-hydrogen) atoms. The van der Waals surface area contributed by atoms with Crippen LogP contribution in [-0.2, 0) is 20.7 Å². The first-order chi connectivity index (χ1) is 16.0. The molecule has 0 saturated carbocycles. The summed E-state index contributed by atoms with van der Waals surface area (Å²) in [5.74, 6) is -0.712. The average Bonchev–Trinajstić information content (AvgIpc) is 2.87. The Bertz CT molecular complexity index is 1060. The number of ether oxygens (including phenoxy) is 2. The van der Waals surface area contributed by atoms with Crippen molar-refractivity contribution in [3.8, 4) is 16.9 Å². The summed E-state index contributed by atoms with van der Waals surface area (Å²) in [7, 11) is 1.60. The number of methoxy groups -OCH3 is 1. The summed E-state index contributed by atoms with van der Waals surface area (Å²) in [4.78, 5) is 35.9. The number of rotatable bonds is 10. The van der Waals surface area contributed by atoms with Crippen molar-refractivity contribution in [2.75, 3.05) is 26.8 Å². The normalized spacial score (nSPS) is 10.2. The maximum absolute atomic E-state index is 12.2. The quantitative estimate of drug-likeness (QED) is 0.467. The molecule has 0 aliphatic carbocycles. The van der Waals surface area contributed by atoms with E-state index in [0.29, 0.717) is 18.5 Å². The van der Waals surface area contributed by atoms with Gasteiger partial charge < -0.3 is 20.1 Å². The minimum atomic E-state index is -0.686. The highest BCUT2D eigenvalue weighted by Crippen LogP contribution is 2.19. The van der Waals surface area contributed by atoms with Gasteiger partial charge in [-0.25, -0.2) is 0 Å². The van der Waals surface area contributed by atoms with Crippen LogP contribution in [0.15, 0.2) is 78.9 Å². The zero-order valence-electron chi connectivity index (χ0n) is 18.4. The molecule has 0 unspecified atom stereocenters. The minimum Gasteiger partial charge on any atom is -0.497 e. The second-order valence-electron chi connectivity index (χ2n) is 7.23. The van der Waals surface area contributed by atoms with Gasteiger partial charge in [-0.15, -0.1) is 0 Å². The van der Waals surface area contributed by atoms with E-state index in [0.717, 1.165) is 22.4 Å². The van der Waals surface area contributed by atoms with Crippen molar-refractivity contribution in [1.29, 1.82) is 0 Å². The van der Waals surface area contributed by atoms with Crippen molar-refractivity contribution >= 4 is 17.8 Å². The van der Waals surface area contributed by atoms with Crippen LogP contribution in [0.25, 0.3) is 11.1 Å². The molecule has 2 amide bonds. The number of nitrogens with one attached hydrogen (secondary N) is 2. The molecule has 170 valence electrons. The first kappa shape index (κ1) is 23.5. The SMILES string of the molecule is COc1ccc(CCNC(=O)COC(=O)CNC(=O)c2ccc(-c3ccccc3)cc2)cc1. The third kappa shape index (κ3) is 7.50. The summed E-state index contributed by atoms with van der Waals surface area (Å²) in [6.07, 6.45) is 0.642. The minimum absolute atomic E-state index is 0.321. The third-order valence-electron chi connectivity index (χ3n) is 4.91. The molecule has 0 aliphatic heterocycles. The lowest BCUT2D eigenvalue weighted by Crippen LogP contribution is -2.34. The van der Waals surface area contributed by atoms with Gasteiger partial charge in [0.1, 0.15) is 12.3 Å². The highest BCUT2D eigenvalue weighted by Gasteiger charge is 2.11. The smallest absolute Gasteiger partial charge is 0.325 e. The van der Waals surface area contributed by atoms with Gasteiger partial charge in [0.05, 0.1) is 7.11 Å². The number of esters is 1. The van der Waals surface area contributed by atoms with E-state index in [1.807, 2.05) is 66.7 Å². The van der Waals surface area contributed by atoms with Gasteiger partial charge in [0.15, 0.2) is 6.61 Å². The predicted molar refractivity (Wildman–Crippen MR) is 125 cm³/mol. The van der Waals surface area contributed by atoms with Crippen LogP contribution < -0.4 is 15.4 Å². The highest BCUT2D eigenvalue weighted by atomic mass is 16.5. The summed E-state index contributed by atoms with van der Waals surface area (Å²) in [5, 5.41) is 5.19. The van der Waals surface area contributed by atoms with Crippen LogP contribution in [-0.4, -0.2) is 44.6 Å². The van der Waals surface area contributed by atoms with E-state index in [1.165, 1.54) is 0 Å². The zero-order chi connectivity index (χ0) is 23.5. The second kappa shape index (κ2) is 12.0. The van der Waals surface area contributed by atoms with Crippen molar-refractivity contribution in [1.82, 2.24) is 10.6 Å². The van der Waals surface area contributed by atoms with Crippen LogP contribution in [0.3, 0.4) is 0 Å². The Morgan fingerprint density at radius 3 is 2.12 bits per heavy atom. The number of hydrogen-bond donors (Lipinski definition) is 2. The number of amides is 2. The van der Waals surface area contributed by atoms with Crippen LogP contribution in [0.5, 0.6) is 5.75 Å². The second-order valence-corrected chi connectivity index (χ2v) is 7.23.